The highest BCUT2D eigenvalue weighted by Gasteiger charge is 2.20. The summed E-state index contributed by atoms with van der Waals surface area (Å²) in [4.78, 5) is 11.7. The van der Waals surface area contributed by atoms with Crippen LogP contribution in [-0.4, -0.2) is 16.6 Å². The SMILES string of the molecule is C#CC(C)(C)NC(=O)c1ccc(F)cc1O. The van der Waals surface area contributed by atoms with Crippen LogP contribution < -0.4 is 5.32 Å². The number of phenolic OH excluding ortho intramolecular Hbond substituents is 1. The fourth-order valence-electron chi connectivity index (χ4n) is 1.08. The van der Waals surface area contributed by atoms with Crippen LogP contribution in [0.2, 0.25) is 0 Å². The molecule has 1 aromatic carbocycles. The van der Waals surface area contributed by atoms with Crippen LogP contribution in [0, 0.1) is 18.2 Å². The lowest BCUT2D eigenvalue weighted by atomic mass is 10.1. The molecule has 2 N–H and O–H groups in total. The number of benzene rings is 1. The van der Waals surface area contributed by atoms with E-state index in [0.717, 1.165) is 12.1 Å². The Morgan fingerprint density at radius 3 is 2.69 bits per heavy atom. The van der Waals surface area contributed by atoms with Crippen LogP contribution in [-0.2, 0) is 0 Å². The summed E-state index contributed by atoms with van der Waals surface area (Å²) < 4.78 is 12.7. The predicted octanol–water partition coefficient (Wildman–Crippen LogP) is 1.67. The molecule has 0 spiro atoms. The Kier molecular flexibility index (Phi) is 3.19. The summed E-state index contributed by atoms with van der Waals surface area (Å²) in [5.41, 5.74) is -0.831. The van der Waals surface area contributed by atoms with Gasteiger partial charge in [0.15, 0.2) is 0 Å². The average molecular weight is 221 g/mol. The first-order valence-electron chi connectivity index (χ1n) is 4.64. The van der Waals surface area contributed by atoms with E-state index in [-0.39, 0.29) is 5.56 Å². The Labute approximate surface area is 93.3 Å². The molecular weight excluding hydrogens is 209 g/mol. The summed E-state index contributed by atoms with van der Waals surface area (Å²) >= 11 is 0. The summed E-state index contributed by atoms with van der Waals surface area (Å²) in [6, 6.07) is 3.17. The molecule has 0 bridgehead atoms. The number of terminal acetylenes is 1. The third kappa shape index (κ3) is 2.74. The minimum Gasteiger partial charge on any atom is -0.507 e. The number of rotatable bonds is 2. The largest absolute Gasteiger partial charge is 0.507 e. The maximum Gasteiger partial charge on any atom is 0.256 e. The zero-order valence-corrected chi connectivity index (χ0v) is 9.04. The molecule has 0 aromatic heterocycles. The Hall–Kier alpha value is -2.02. The van der Waals surface area contributed by atoms with E-state index in [1.165, 1.54) is 6.07 Å². The average Bonchev–Trinajstić information content (AvgIpc) is 2.16. The lowest BCUT2D eigenvalue weighted by Crippen LogP contribution is -2.42. The van der Waals surface area contributed by atoms with Crippen molar-refractivity contribution in [2.45, 2.75) is 19.4 Å². The lowest BCUT2D eigenvalue weighted by Gasteiger charge is -2.19. The quantitative estimate of drug-likeness (QED) is 0.746. The number of nitrogens with one attached hydrogen (secondary N) is 1. The van der Waals surface area contributed by atoms with E-state index >= 15 is 0 Å². The molecule has 0 saturated carbocycles. The molecule has 0 saturated heterocycles. The first-order chi connectivity index (χ1) is 7.35. The highest BCUT2D eigenvalue weighted by molar-refractivity contribution is 5.97. The van der Waals surface area contributed by atoms with Gasteiger partial charge in [-0.1, -0.05) is 5.92 Å². The van der Waals surface area contributed by atoms with Crippen molar-refractivity contribution in [3.05, 3.63) is 29.6 Å². The van der Waals surface area contributed by atoms with Crippen LogP contribution in [0.15, 0.2) is 18.2 Å². The molecule has 0 heterocycles. The van der Waals surface area contributed by atoms with Gasteiger partial charge in [-0.05, 0) is 26.0 Å². The topological polar surface area (TPSA) is 49.3 Å². The van der Waals surface area contributed by atoms with Gasteiger partial charge in [-0.2, -0.15) is 0 Å². The molecule has 84 valence electrons. The molecule has 4 heteroatoms. The molecule has 0 aliphatic rings. The van der Waals surface area contributed by atoms with E-state index in [4.69, 9.17) is 6.42 Å². The summed E-state index contributed by atoms with van der Waals surface area (Å²) in [5.74, 6) is 0.826. The third-order valence-corrected chi connectivity index (χ3v) is 1.99. The van der Waals surface area contributed by atoms with Gasteiger partial charge in [-0.3, -0.25) is 4.79 Å². The second-order valence-corrected chi connectivity index (χ2v) is 3.88. The van der Waals surface area contributed by atoms with Gasteiger partial charge in [0.2, 0.25) is 0 Å². The summed E-state index contributed by atoms with van der Waals surface area (Å²) in [6.45, 7) is 3.29. The molecule has 3 nitrogen and oxygen atoms in total. The first kappa shape index (κ1) is 12.1. The van der Waals surface area contributed by atoms with Crippen LogP contribution in [0.3, 0.4) is 0 Å². The predicted molar refractivity (Wildman–Crippen MR) is 58.4 cm³/mol. The van der Waals surface area contributed by atoms with Gasteiger partial charge in [0.05, 0.1) is 11.1 Å². The van der Waals surface area contributed by atoms with E-state index in [9.17, 15) is 14.3 Å². The van der Waals surface area contributed by atoms with Gasteiger partial charge < -0.3 is 10.4 Å². The number of amides is 1. The summed E-state index contributed by atoms with van der Waals surface area (Å²) in [5, 5.41) is 11.9. The second kappa shape index (κ2) is 4.23. The van der Waals surface area contributed by atoms with Gasteiger partial charge in [0.1, 0.15) is 11.6 Å². The van der Waals surface area contributed by atoms with Crippen molar-refractivity contribution in [3.63, 3.8) is 0 Å². The van der Waals surface area contributed by atoms with Crippen LogP contribution in [0.5, 0.6) is 5.75 Å². The van der Waals surface area contributed by atoms with E-state index in [0.29, 0.717) is 0 Å². The minimum atomic E-state index is -0.822. The molecule has 0 unspecified atom stereocenters. The highest BCUT2D eigenvalue weighted by atomic mass is 19.1. The Bertz CT molecular complexity index is 461. The molecule has 1 amide bonds. The first-order valence-corrected chi connectivity index (χ1v) is 4.64. The fourth-order valence-corrected chi connectivity index (χ4v) is 1.08. The van der Waals surface area contributed by atoms with Crippen molar-refractivity contribution in [1.82, 2.24) is 5.32 Å². The molecule has 16 heavy (non-hydrogen) atoms. The minimum absolute atomic E-state index is 0.00951. The Morgan fingerprint density at radius 2 is 2.19 bits per heavy atom. The van der Waals surface area contributed by atoms with Crippen molar-refractivity contribution in [2.24, 2.45) is 0 Å². The maximum atomic E-state index is 12.7. The number of carbonyl (C=O) groups is 1. The van der Waals surface area contributed by atoms with Crippen molar-refractivity contribution in [2.75, 3.05) is 0 Å². The van der Waals surface area contributed by atoms with Crippen molar-refractivity contribution in [1.29, 1.82) is 0 Å². The van der Waals surface area contributed by atoms with Gasteiger partial charge >= 0.3 is 0 Å². The van der Waals surface area contributed by atoms with Crippen LogP contribution >= 0.6 is 0 Å². The lowest BCUT2D eigenvalue weighted by molar-refractivity contribution is 0.0927. The normalized spacial score (nSPS) is 10.6. The van der Waals surface area contributed by atoms with E-state index in [2.05, 4.69) is 11.2 Å². The highest BCUT2D eigenvalue weighted by Crippen LogP contribution is 2.18. The fraction of sp³-hybridized carbons (Fsp3) is 0.250. The molecule has 0 fully saturated rings. The molecule has 1 aromatic rings. The summed E-state index contributed by atoms with van der Waals surface area (Å²) in [6.07, 6.45) is 5.21. The van der Waals surface area contributed by atoms with Gasteiger partial charge in [-0.15, -0.1) is 6.42 Å². The number of hydrogen-bond acceptors (Lipinski definition) is 2. The smallest absolute Gasteiger partial charge is 0.256 e. The number of phenols is 1. The van der Waals surface area contributed by atoms with Crippen molar-refractivity contribution >= 4 is 5.91 Å². The number of aromatic hydroxyl groups is 1. The Balaban J connectivity index is 2.95. The monoisotopic (exact) mass is 221 g/mol. The van der Waals surface area contributed by atoms with Crippen molar-refractivity contribution in [3.8, 4) is 18.1 Å². The van der Waals surface area contributed by atoms with Crippen LogP contribution in [0.4, 0.5) is 4.39 Å². The molecule has 0 radical (unpaired) electrons. The van der Waals surface area contributed by atoms with Gasteiger partial charge in [0, 0.05) is 6.07 Å². The number of carbonyl (C=O) groups excluding carboxylic acids is 1. The third-order valence-electron chi connectivity index (χ3n) is 1.99. The second-order valence-electron chi connectivity index (χ2n) is 3.88. The number of hydrogen-bond donors (Lipinski definition) is 2. The molecule has 1 rings (SSSR count). The van der Waals surface area contributed by atoms with Crippen molar-refractivity contribution < 1.29 is 14.3 Å². The Morgan fingerprint density at radius 1 is 1.56 bits per heavy atom. The van der Waals surface area contributed by atoms with E-state index in [1.807, 2.05) is 0 Å². The zero-order valence-electron chi connectivity index (χ0n) is 9.04. The molecule has 0 aliphatic carbocycles. The standard InChI is InChI=1S/C12H12FNO2/c1-4-12(2,3)14-11(16)9-6-5-8(13)7-10(9)15/h1,5-7,15H,2-3H3,(H,14,16). The van der Waals surface area contributed by atoms with Crippen LogP contribution in [0.1, 0.15) is 24.2 Å². The molecule has 0 aliphatic heterocycles. The van der Waals surface area contributed by atoms with Crippen LogP contribution in [0.25, 0.3) is 0 Å². The van der Waals surface area contributed by atoms with E-state index in [1.54, 1.807) is 13.8 Å². The van der Waals surface area contributed by atoms with Gasteiger partial charge in [0.25, 0.3) is 5.91 Å². The number of halogens is 1. The maximum absolute atomic E-state index is 12.7. The van der Waals surface area contributed by atoms with E-state index < -0.39 is 23.0 Å². The van der Waals surface area contributed by atoms with Gasteiger partial charge in [-0.25, -0.2) is 4.39 Å². The molecular formula is C12H12FNO2. The molecule has 0 atom stereocenters. The summed E-state index contributed by atoms with van der Waals surface area (Å²) in [7, 11) is 0. The zero-order chi connectivity index (χ0) is 12.3.